The van der Waals surface area contributed by atoms with Gasteiger partial charge in [0.05, 0.1) is 0 Å². The molecule has 0 heterocycles. The van der Waals surface area contributed by atoms with Crippen molar-refractivity contribution in [2.24, 2.45) is 17.3 Å². The van der Waals surface area contributed by atoms with Crippen molar-refractivity contribution in [2.75, 3.05) is 0 Å². The first-order chi connectivity index (χ1) is 15.1. The quantitative estimate of drug-likeness (QED) is 0.428. The van der Waals surface area contributed by atoms with Gasteiger partial charge in [0, 0.05) is 0 Å². The van der Waals surface area contributed by atoms with Crippen LogP contribution in [0.15, 0.2) is 48.5 Å². The van der Waals surface area contributed by atoms with Crippen LogP contribution in [-0.4, -0.2) is 8.32 Å². The van der Waals surface area contributed by atoms with Crippen LogP contribution >= 0.6 is 0 Å². The minimum absolute atomic E-state index is 0.236. The summed E-state index contributed by atoms with van der Waals surface area (Å²) in [6.07, 6.45) is 8.12. The summed E-state index contributed by atoms with van der Waals surface area (Å²) in [7, 11) is -1.79. The van der Waals surface area contributed by atoms with Crippen molar-refractivity contribution < 1.29 is 4.43 Å². The van der Waals surface area contributed by atoms with E-state index in [2.05, 4.69) is 89.3 Å². The van der Waals surface area contributed by atoms with Gasteiger partial charge in [0.1, 0.15) is 5.75 Å². The molecule has 2 aromatic rings. The Hall–Kier alpha value is -1.54. The Bertz CT molecular complexity index is 972. The summed E-state index contributed by atoms with van der Waals surface area (Å²) in [5.74, 6) is 4.36. The Balaban J connectivity index is 1.38. The van der Waals surface area contributed by atoms with Gasteiger partial charge in [0.25, 0.3) is 0 Å². The van der Waals surface area contributed by atoms with Gasteiger partial charge in [0.2, 0.25) is 8.32 Å². The molecule has 0 saturated heterocycles. The second-order valence-corrected chi connectivity index (χ2v) is 17.4. The maximum Gasteiger partial charge on any atom is 0.250 e. The fourth-order valence-corrected chi connectivity index (χ4v) is 8.33. The van der Waals surface area contributed by atoms with Gasteiger partial charge >= 0.3 is 0 Å². The second kappa shape index (κ2) is 7.76. The molecule has 2 aromatic carbocycles. The highest BCUT2D eigenvalue weighted by molar-refractivity contribution is 6.74. The summed E-state index contributed by atoms with van der Waals surface area (Å²) in [5.41, 5.74) is 5.28. The van der Waals surface area contributed by atoms with Crippen LogP contribution in [-0.2, 0) is 6.42 Å². The van der Waals surface area contributed by atoms with Gasteiger partial charge in [-0.1, -0.05) is 64.1 Å². The van der Waals surface area contributed by atoms with E-state index in [0.29, 0.717) is 5.41 Å². The summed E-state index contributed by atoms with van der Waals surface area (Å²) < 4.78 is 6.66. The molecule has 0 bridgehead atoms. The largest absolute Gasteiger partial charge is 0.543 e. The molecular formula is C30H42OSi. The van der Waals surface area contributed by atoms with E-state index in [0.717, 1.165) is 29.4 Å². The van der Waals surface area contributed by atoms with Gasteiger partial charge in [0.15, 0.2) is 0 Å². The molecule has 5 rings (SSSR count). The van der Waals surface area contributed by atoms with Gasteiger partial charge in [-0.2, -0.15) is 0 Å². The van der Waals surface area contributed by atoms with Crippen LogP contribution in [0.5, 0.6) is 5.75 Å². The summed E-state index contributed by atoms with van der Waals surface area (Å²) in [6.45, 7) is 14.3. The number of hydrogen-bond acceptors (Lipinski definition) is 1. The Labute approximate surface area is 197 Å². The number of rotatable bonds is 3. The fourth-order valence-electron chi connectivity index (χ4n) is 7.30. The SMILES string of the molecule is CC(C)(C)[Si](C)(C)Oc1ccc2c(c1)CC[C@@H]1[C@@H]2CC[C@]2(C)[C@H](c3ccccc3)CC[C@@H]12. The smallest absolute Gasteiger partial charge is 0.250 e. The van der Waals surface area contributed by atoms with E-state index in [1.54, 1.807) is 16.7 Å². The van der Waals surface area contributed by atoms with Crippen LogP contribution in [0.1, 0.15) is 88.3 Å². The lowest BCUT2D eigenvalue weighted by atomic mass is 9.53. The van der Waals surface area contributed by atoms with E-state index in [1.807, 2.05) is 0 Å². The normalized spacial score (nSPS) is 32.1. The predicted octanol–water partition coefficient (Wildman–Crippen LogP) is 8.71. The minimum atomic E-state index is -1.79. The minimum Gasteiger partial charge on any atom is -0.543 e. The Morgan fingerprint density at radius 3 is 2.41 bits per heavy atom. The van der Waals surface area contributed by atoms with Gasteiger partial charge in [-0.3, -0.25) is 0 Å². The molecule has 0 radical (unpaired) electrons. The van der Waals surface area contributed by atoms with Crippen molar-refractivity contribution in [1.82, 2.24) is 0 Å². The van der Waals surface area contributed by atoms with E-state index >= 15 is 0 Å². The zero-order valence-corrected chi connectivity index (χ0v) is 22.1. The Kier molecular flexibility index (Phi) is 5.40. The first-order valence-electron chi connectivity index (χ1n) is 13.0. The topological polar surface area (TPSA) is 9.23 Å². The molecule has 0 amide bonds. The molecule has 2 saturated carbocycles. The molecule has 0 spiro atoms. The monoisotopic (exact) mass is 446 g/mol. The average molecular weight is 447 g/mol. The van der Waals surface area contributed by atoms with E-state index < -0.39 is 8.32 Å². The average Bonchev–Trinajstić information content (AvgIpc) is 3.10. The number of aryl methyl sites for hydroxylation is 1. The highest BCUT2D eigenvalue weighted by atomic mass is 28.4. The molecule has 32 heavy (non-hydrogen) atoms. The third-order valence-corrected chi connectivity index (χ3v) is 14.4. The van der Waals surface area contributed by atoms with Crippen LogP contribution in [0, 0.1) is 17.3 Å². The molecule has 0 unspecified atom stereocenters. The number of fused-ring (bicyclic) bond motifs is 5. The van der Waals surface area contributed by atoms with Gasteiger partial charge < -0.3 is 4.43 Å². The summed E-state index contributed by atoms with van der Waals surface area (Å²) >= 11 is 0. The number of hydrogen-bond donors (Lipinski definition) is 0. The molecule has 0 N–H and O–H groups in total. The highest BCUT2D eigenvalue weighted by Crippen LogP contribution is 2.65. The third-order valence-electron chi connectivity index (χ3n) is 10.1. The molecule has 3 aliphatic rings. The zero-order chi connectivity index (χ0) is 22.7. The summed E-state index contributed by atoms with van der Waals surface area (Å²) in [4.78, 5) is 0. The maximum absolute atomic E-state index is 6.66. The number of benzene rings is 2. The van der Waals surface area contributed by atoms with Crippen molar-refractivity contribution in [2.45, 2.75) is 96.2 Å². The molecule has 0 aromatic heterocycles. The van der Waals surface area contributed by atoms with Crippen LogP contribution in [0.4, 0.5) is 0 Å². The van der Waals surface area contributed by atoms with E-state index in [9.17, 15) is 0 Å². The third kappa shape index (κ3) is 3.58. The fraction of sp³-hybridized carbons (Fsp3) is 0.600. The first-order valence-corrected chi connectivity index (χ1v) is 15.9. The van der Waals surface area contributed by atoms with E-state index in [-0.39, 0.29) is 5.04 Å². The molecule has 172 valence electrons. The Morgan fingerprint density at radius 2 is 1.69 bits per heavy atom. The summed E-state index contributed by atoms with van der Waals surface area (Å²) in [5, 5.41) is 0.236. The van der Waals surface area contributed by atoms with E-state index in [1.165, 1.54) is 38.5 Å². The van der Waals surface area contributed by atoms with Crippen molar-refractivity contribution in [3.05, 3.63) is 65.2 Å². The molecule has 0 aliphatic heterocycles. The summed E-state index contributed by atoms with van der Waals surface area (Å²) in [6, 6.07) is 18.5. The molecular weight excluding hydrogens is 404 g/mol. The molecule has 2 heteroatoms. The lowest BCUT2D eigenvalue weighted by Gasteiger charge is -2.51. The Morgan fingerprint density at radius 1 is 0.938 bits per heavy atom. The van der Waals surface area contributed by atoms with Gasteiger partial charge in [-0.05, 0) is 115 Å². The molecule has 1 nitrogen and oxygen atoms in total. The standard InChI is InChI=1S/C30H42OSi/c1-29(2,3)32(5,6)31-23-13-15-24-22(20-23)12-14-26-25(24)18-19-30(4)27(16-17-28(26)30)21-10-8-7-9-11-21/h7-11,13,15,20,25-28H,12,14,16-19H2,1-6H3/t25-,26-,27+,28+,30-/m1/s1. The molecule has 5 atom stereocenters. The van der Waals surface area contributed by atoms with Crippen molar-refractivity contribution in [3.8, 4) is 5.75 Å². The van der Waals surface area contributed by atoms with Crippen molar-refractivity contribution >= 4 is 8.32 Å². The van der Waals surface area contributed by atoms with Crippen molar-refractivity contribution in [3.63, 3.8) is 0 Å². The second-order valence-electron chi connectivity index (χ2n) is 12.7. The van der Waals surface area contributed by atoms with E-state index in [4.69, 9.17) is 4.43 Å². The lowest BCUT2D eigenvalue weighted by molar-refractivity contribution is 0.0482. The van der Waals surface area contributed by atoms with Crippen molar-refractivity contribution in [1.29, 1.82) is 0 Å². The van der Waals surface area contributed by atoms with Crippen LogP contribution in [0.25, 0.3) is 0 Å². The zero-order valence-electron chi connectivity index (χ0n) is 21.1. The molecule has 2 fully saturated rings. The lowest BCUT2D eigenvalue weighted by Crippen LogP contribution is -2.44. The maximum atomic E-state index is 6.66. The molecule has 3 aliphatic carbocycles. The first kappa shape index (κ1) is 22.3. The predicted molar refractivity (Wildman–Crippen MR) is 138 cm³/mol. The van der Waals surface area contributed by atoms with Crippen LogP contribution in [0.2, 0.25) is 18.1 Å². The van der Waals surface area contributed by atoms with Crippen LogP contribution < -0.4 is 4.43 Å². The van der Waals surface area contributed by atoms with Gasteiger partial charge in [-0.15, -0.1) is 0 Å². The highest BCUT2D eigenvalue weighted by Gasteiger charge is 2.54. The van der Waals surface area contributed by atoms with Gasteiger partial charge in [-0.25, -0.2) is 0 Å². The van der Waals surface area contributed by atoms with Crippen LogP contribution in [0.3, 0.4) is 0 Å².